The summed E-state index contributed by atoms with van der Waals surface area (Å²) in [6.45, 7) is 16.1. The molecule has 0 aromatic heterocycles. The number of hydrogen-bond acceptors (Lipinski definition) is 10. The Morgan fingerprint density at radius 1 is 0.761 bits per heavy atom. The van der Waals surface area contributed by atoms with Crippen molar-refractivity contribution in [1.82, 2.24) is 0 Å². The highest BCUT2D eigenvalue weighted by Crippen LogP contribution is 2.75. The number of ether oxygens (including phenoxy) is 2. The Bertz CT molecular complexity index is 1220. The molecule has 0 bridgehead atoms. The summed E-state index contributed by atoms with van der Waals surface area (Å²) in [7, 11) is 0. The molecule has 10 heteroatoms. The number of aliphatic hydroxyl groups is 8. The Balaban J connectivity index is 1.43. The quantitative estimate of drug-likeness (QED) is 0.210. The van der Waals surface area contributed by atoms with Crippen molar-refractivity contribution in [1.29, 1.82) is 0 Å². The molecule has 1 heterocycles. The van der Waals surface area contributed by atoms with E-state index in [0.29, 0.717) is 12.3 Å². The van der Waals surface area contributed by atoms with Gasteiger partial charge >= 0.3 is 0 Å². The summed E-state index contributed by atoms with van der Waals surface area (Å²) < 4.78 is 11.8. The van der Waals surface area contributed by atoms with Crippen LogP contribution in [0.2, 0.25) is 0 Å². The van der Waals surface area contributed by atoms with Crippen LogP contribution < -0.4 is 0 Å². The molecule has 6 rings (SSSR count). The van der Waals surface area contributed by atoms with Gasteiger partial charge in [-0.3, -0.25) is 0 Å². The van der Waals surface area contributed by atoms with Crippen molar-refractivity contribution in [2.24, 2.45) is 50.2 Å². The monoisotopic (exact) mass is 652 g/mol. The molecule has 264 valence electrons. The highest BCUT2D eigenvalue weighted by atomic mass is 16.7. The first-order valence-electron chi connectivity index (χ1n) is 17.6. The summed E-state index contributed by atoms with van der Waals surface area (Å²) in [5, 5.41) is 90.7. The number of hydrogen-bond donors (Lipinski definition) is 8. The van der Waals surface area contributed by atoms with Gasteiger partial charge in [0, 0.05) is 5.41 Å². The van der Waals surface area contributed by atoms with Crippen LogP contribution in [0.3, 0.4) is 0 Å². The van der Waals surface area contributed by atoms with Gasteiger partial charge < -0.3 is 50.3 Å². The van der Waals surface area contributed by atoms with E-state index in [2.05, 4.69) is 40.7 Å². The van der Waals surface area contributed by atoms with Crippen molar-refractivity contribution in [3.05, 3.63) is 11.6 Å². The van der Waals surface area contributed by atoms with E-state index in [4.69, 9.17) is 9.47 Å². The van der Waals surface area contributed by atoms with E-state index in [9.17, 15) is 40.9 Å². The molecule has 4 saturated carbocycles. The van der Waals surface area contributed by atoms with Crippen LogP contribution in [0.15, 0.2) is 11.6 Å². The summed E-state index contributed by atoms with van der Waals surface area (Å²) >= 11 is 0. The minimum absolute atomic E-state index is 0.0822. The molecule has 0 amide bonds. The lowest BCUT2D eigenvalue weighted by atomic mass is 9.32. The van der Waals surface area contributed by atoms with Crippen LogP contribution >= 0.6 is 0 Å². The second kappa shape index (κ2) is 10.9. The van der Waals surface area contributed by atoms with Gasteiger partial charge in [0.15, 0.2) is 6.29 Å². The maximum Gasteiger partial charge on any atom is 0.186 e. The number of fused-ring (bicyclic) bond motifs is 7. The average Bonchev–Trinajstić information content (AvgIpc) is 2.98. The minimum Gasteiger partial charge on any atom is -0.393 e. The maximum absolute atomic E-state index is 12.5. The lowest BCUT2D eigenvalue weighted by Gasteiger charge is -2.73. The van der Waals surface area contributed by atoms with Crippen LogP contribution in [-0.4, -0.2) is 109 Å². The third kappa shape index (κ3) is 4.31. The Morgan fingerprint density at radius 2 is 1.39 bits per heavy atom. The molecule has 5 fully saturated rings. The molecule has 3 unspecified atom stereocenters. The molecular formula is C36H60O10. The van der Waals surface area contributed by atoms with Crippen LogP contribution in [0.1, 0.15) is 93.9 Å². The molecule has 0 radical (unpaired) electrons. The second-order valence-corrected chi connectivity index (χ2v) is 18.2. The lowest BCUT2D eigenvalue weighted by molar-refractivity contribution is -0.329. The van der Waals surface area contributed by atoms with Gasteiger partial charge in [-0.25, -0.2) is 0 Å². The largest absolute Gasteiger partial charge is 0.393 e. The Labute approximate surface area is 273 Å². The van der Waals surface area contributed by atoms with Crippen LogP contribution in [0.5, 0.6) is 0 Å². The fraction of sp³-hybridized carbons (Fsp3) is 0.944. The highest BCUT2D eigenvalue weighted by molar-refractivity contribution is 5.38. The fourth-order valence-corrected chi connectivity index (χ4v) is 12.3. The predicted octanol–water partition coefficient (Wildman–Crippen LogP) is 1.88. The number of aliphatic hydroxyl groups excluding tert-OH is 8. The Hall–Kier alpha value is -0.660. The van der Waals surface area contributed by atoms with Gasteiger partial charge in [0.05, 0.1) is 48.6 Å². The smallest absolute Gasteiger partial charge is 0.186 e. The van der Waals surface area contributed by atoms with Gasteiger partial charge in [0.1, 0.15) is 18.3 Å². The Kier molecular flexibility index (Phi) is 8.35. The average molecular weight is 653 g/mol. The van der Waals surface area contributed by atoms with Crippen molar-refractivity contribution >= 4 is 0 Å². The topological polar surface area (TPSA) is 180 Å². The van der Waals surface area contributed by atoms with Crippen molar-refractivity contribution in [3.8, 4) is 0 Å². The number of rotatable bonds is 3. The van der Waals surface area contributed by atoms with E-state index in [0.717, 1.165) is 37.7 Å². The Morgan fingerprint density at radius 3 is 2.04 bits per heavy atom. The number of allylic oxidation sites excluding steroid dienone is 1. The van der Waals surface area contributed by atoms with Gasteiger partial charge in [0.2, 0.25) is 0 Å². The molecular weight excluding hydrogens is 592 g/mol. The first-order valence-corrected chi connectivity index (χ1v) is 17.6. The maximum atomic E-state index is 12.5. The van der Waals surface area contributed by atoms with E-state index in [1.807, 2.05) is 13.8 Å². The summed E-state index contributed by atoms with van der Waals surface area (Å²) in [5.41, 5.74) is -2.88. The van der Waals surface area contributed by atoms with Crippen LogP contribution in [-0.2, 0) is 9.47 Å². The highest BCUT2D eigenvalue weighted by Gasteiger charge is 2.75. The standard InChI is InChI=1S/C36H60O10/c1-17-23(38)24(39)25(40)30(46-17)45-16-36-19(15-31(2,3)26(41)28(36)43)18-9-10-21-33(6)13-12-22(37)32(4,5)20(33)11-14-34(21,7)35(18,8)27(42)29(36)44/h9,17,19-30,37-44H,10-16H2,1-8H3/t17-,19?,20?,21?,22+,23-,24+,25+,26+,27+,28+,29-,30+,33+,34-,35+,36-/m1/s1. The van der Waals surface area contributed by atoms with Crippen molar-refractivity contribution in [2.75, 3.05) is 6.61 Å². The van der Waals surface area contributed by atoms with E-state index in [1.54, 1.807) is 6.92 Å². The van der Waals surface area contributed by atoms with Gasteiger partial charge in [-0.2, -0.15) is 0 Å². The van der Waals surface area contributed by atoms with Crippen LogP contribution in [0.4, 0.5) is 0 Å². The third-order valence-electron chi connectivity index (χ3n) is 15.5. The normalized spacial score (nSPS) is 57.7. The van der Waals surface area contributed by atoms with Crippen molar-refractivity contribution in [2.45, 2.75) is 155 Å². The molecule has 0 aromatic carbocycles. The molecule has 6 aliphatic rings. The molecule has 8 N–H and O–H groups in total. The first kappa shape index (κ1) is 35.2. The first-order chi connectivity index (χ1) is 21.1. The van der Waals surface area contributed by atoms with E-state index >= 15 is 0 Å². The van der Waals surface area contributed by atoms with Gasteiger partial charge in [-0.1, -0.05) is 60.1 Å². The molecule has 17 atom stereocenters. The summed E-state index contributed by atoms with van der Waals surface area (Å²) in [4.78, 5) is 0. The predicted molar refractivity (Wildman–Crippen MR) is 169 cm³/mol. The zero-order valence-corrected chi connectivity index (χ0v) is 28.9. The molecule has 46 heavy (non-hydrogen) atoms. The molecule has 0 spiro atoms. The summed E-state index contributed by atoms with van der Waals surface area (Å²) in [6.07, 6.45) is -5.75. The SMILES string of the molecule is C[C@H]1O[C@H](OC[C@@]23C(CC(C)(C)[C@@H](O)[C@@H]2O)C2=CCC4[C@@]5(C)CC[C@H](O)C(C)(C)C5CC[C@@]4(C)[C@]2(C)[C@@H](O)[C@H]3O)[C@@H](O)[C@@H](O)[C@@H]1O. The molecule has 1 aliphatic heterocycles. The van der Waals surface area contributed by atoms with Gasteiger partial charge in [0.25, 0.3) is 0 Å². The zero-order chi connectivity index (χ0) is 34.2. The van der Waals surface area contributed by atoms with E-state index in [-0.39, 0.29) is 29.5 Å². The van der Waals surface area contributed by atoms with Gasteiger partial charge in [-0.05, 0) is 84.9 Å². The minimum atomic E-state index is -1.58. The zero-order valence-electron chi connectivity index (χ0n) is 28.9. The van der Waals surface area contributed by atoms with Gasteiger partial charge in [-0.15, -0.1) is 0 Å². The molecule has 10 nitrogen and oxygen atoms in total. The second-order valence-electron chi connectivity index (χ2n) is 18.2. The summed E-state index contributed by atoms with van der Waals surface area (Å²) in [6, 6.07) is 0. The molecule has 5 aliphatic carbocycles. The van der Waals surface area contributed by atoms with Crippen molar-refractivity contribution < 1.29 is 50.3 Å². The fourth-order valence-electron chi connectivity index (χ4n) is 12.3. The van der Waals surface area contributed by atoms with E-state index < -0.39 is 82.7 Å². The lowest BCUT2D eigenvalue weighted by Crippen LogP contribution is -2.76. The summed E-state index contributed by atoms with van der Waals surface area (Å²) in [5.74, 6) is 0.0189. The van der Waals surface area contributed by atoms with Crippen molar-refractivity contribution in [3.63, 3.8) is 0 Å². The third-order valence-corrected chi connectivity index (χ3v) is 15.5. The van der Waals surface area contributed by atoms with E-state index in [1.165, 1.54) is 0 Å². The van der Waals surface area contributed by atoms with Crippen LogP contribution in [0.25, 0.3) is 0 Å². The molecule has 1 saturated heterocycles. The van der Waals surface area contributed by atoms with Crippen LogP contribution in [0, 0.1) is 50.2 Å². The molecule has 0 aromatic rings.